The molecule has 0 radical (unpaired) electrons. The van der Waals surface area contributed by atoms with E-state index in [2.05, 4.69) is 21.8 Å². The number of aromatic nitrogens is 2. The number of amides is 2. The normalized spacial score (nSPS) is 11.3. The lowest BCUT2D eigenvalue weighted by Crippen LogP contribution is -2.33. The Morgan fingerprint density at radius 1 is 1.21 bits per heavy atom. The van der Waals surface area contributed by atoms with Gasteiger partial charge in [-0.3, -0.25) is 4.68 Å². The number of hydrogen-bond donors (Lipinski definition) is 2. The molecule has 1 heterocycles. The van der Waals surface area contributed by atoms with Crippen LogP contribution in [0.4, 0.5) is 10.5 Å². The highest BCUT2D eigenvalue weighted by atomic mass is 16.5. The zero-order valence-corrected chi connectivity index (χ0v) is 15.5. The highest BCUT2D eigenvalue weighted by Gasteiger charge is 2.08. The van der Waals surface area contributed by atoms with Gasteiger partial charge >= 0.3 is 6.03 Å². The lowest BCUT2D eigenvalue weighted by molar-refractivity contribution is 0.249. The number of hydrogen-bond acceptors (Lipinski definition) is 4. The van der Waals surface area contributed by atoms with Gasteiger partial charge in [-0.2, -0.15) is 10.4 Å². The lowest BCUT2D eigenvalue weighted by Gasteiger charge is -2.14. The number of nitrogens with one attached hydrogen (secondary N) is 2. The SMILES string of the molecule is C[C@H](CNC(=O)Nc1cccc(Oc2ccc(C#N)cc2)c1)Cn1cccn1. The number of nitriles is 1. The van der Waals surface area contributed by atoms with Crippen molar-refractivity contribution in [2.24, 2.45) is 5.92 Å². The molecule has 2 aromatic carbocycles. The van der Waals surface area contributed by atoms with Crippen LogP contribution in [0.1, 0.15) is 12.5 Å². The smallest absolute Gasteiger partial charge is 0.319 e. The molecule has 2 N–H and O–H groups in total. The molecule has 142 valence electrons. The summed E-state index contributed by atoms with van der Waals surface area (Å²) < 4.78 is 7.61. The number of benzene rings is 2. The number of urea groups is 1. The molecule has 0 bridgehead atoms. The summed E-state index contributed by atoms with van der Waals surface area (Å²) in [6.07, 6.45) is 3.63. The summed E-state index contributed by atoms with van der Waals surface area (Å²) in [6.45, 7) is 3.32. The van der Waals surface area contributed by atoms with Crippen molar-refractivity contribution in [3.63, 3.8) is 0 Å². The van der Waals surface area contributed by atoms with Gasteiger partial charge in [-0.1, -0.05) is 13.0 Å². The van der Waals surface area contributed by atoms with Crippen molar-refractivity contribution >= 4 is 11.7 Å². The number of anilines is 1. The van der Waals surface area contributed by atoms with Gasteiger partial charge in [0.05, 0.1) is 11.6 Å². The Labute approximate surface area is 163 Å². The predicted molar refractivity (Wildman–Crippen MR) is 106 cm³/mol. The molecule has 28 heavy (non-hydrogen) atoms. The van der Waals surface area contributed by atoms with Crippen molar-refractivity contribution in [2.75, 3.05) is 11.9 Å². The van der Waals surface area contributed by atoms with Gasteiger partial charge in [0.1, 0.15) is 11.5 Å². The van der Waals surface area contributed by atoms with Crippen LogP contribution in [-0.2, 0) is 6.54 Å². The van der Waals surface area contributed by atoms with Crippen molar-refractivity contribution in [1.82, 2.24) is 15.1 Å². The summed E-state index contributed by atoms with van der Waals surface area (Å²) in [5.41, 5.74) is 1.20. The van der Waals surface area contributed by atoms with Crippen molar-refractivity contribution in [1.29, 1.82) is 5.26 Å². The molecule has 3 rings (SSSR count). The molecule has 3 aromatic rings. The van der Waals surface area contributed by atoms with Gasteiger partial charge < -0.3 is 15.4 Å². The molecule has 7 nitrogen and oxygen atoms in total. The zero-order chi connectivity index (χ0) is 19.8. The van der Waals surface area contributed by atoms with Crippen LogP contribution in [0.15, 0.2) is 67.0 Å². The second-order valence-corrected chi connectivity index (χ2v) is 6.43. The molecule has 0 spiro atoms. The second-order valence-electron chi connectivity index (χ2n) is 6.43. The first kappa shape index (κ1) is 19.0. The fourth-order valence-electron chi connectivity index (χ4n) is 2.61. The third-order valence-electron chi connectivity index (χ3n) is 3.98. The molecule has 7 heteroatoms. The summed E-state index contributed by atoms with van der Waals surface area (Å²) in [5, 5.41) is 18.7. The van der Waals surface area contributed by atoms with Crippen molar-refractivity contribution in [2.45, 2.75) is 13.5 Å². The van der Waals surface area contributed by atoms with Gasteiger partial charge in [0.2, 0.25) is 0 Å². The molecular weight excluding hydrogens is 354 g/mol. The molecule has 1 aromatic heterocycles. The molecule has 2 amide bonds. The minimum absolute atomic E-state index is 0.247. The second kappa shape index (κ2) is 9.24. The first-order valence-electron chi connectivity index (χ1n) is 8.93. The van der Waals surface area contributed by atoms with Crippen LogP contribution in [0, 0.1) is 17.2 Å². The van der Waals surface area contributed by atoms with Crippen molar-refractivity contribution in [3.05, 3.63) is 72.6 Å². The van der Waals surface area contributed by atoms with E-state index in [-0.39, 0.29) is 11.9 Å². The average molecular weight is 375 g/mol. The summed E-state index contributed by atoms with van der Waals surface area (Å²) in [6, 6.07) is 17.6. The van der Waals surface area contributed by atoms with E-state index in [1.165, 1.54) is 0 Å². The molecular formula is C21H21N5O2. The van der Waals surface area contributed by atoms with Crippen LogP contribution in [-0.4, -0.2) is 22.4 Å². The van der Waals surface area contributed by atoms with Crippen LogP contribution in [0.2, 0.25) is 0 Å². The largest absolute Gasteiger partial charge is 0.457 e. The number of rotatable bonds is 7. The topological polar surface area (TPSA) is 92.0 Å². The highest BCUT2D eigenvalue weighted by molar-refractivity contribution is 5.89. The van der Waals surface area contributed by atoms with E-state index in [0.717, 1.165) is 6.54 Å². The summed E-state index contributed by atoms with van der Waals surface area (Å²) in [5.74, 6) is 1.46. The van der Waals surface area contributed by atoms with Gasteiger partial charge in [0.25, 0.3) is 0 Å². The van der Waals surface area contributed by atoms with E-state index in [1.54, 1.807) is 54.7 Å². The van der Waals surface area contributed by atoms with E-state index < -0.39 is 0 Å². The maximum atomic E-state index is 12.1. The van der Waals surface area contributed by atoms with Crippen molar-refractivity contribution < 1.29 is 9.53 Å². The van der Waals surface area contributed by atoms with Gasteiger partial charge in [-0.05, 0) is 48.4 Å². The number of carbonyl (C=O) groups excluding carboxylic acids is 1. The van der Waals surface area contributed by atoms with E-state index in [4.69, 9.17) is 10.00 Å². The van der Waals surface area contributed by atoms with E-state index in [9.17, 15) is 4.79 Å². The molecule has 0 aliphatic heterocycles. The average Bonchev–Trinajstić information content (AvgIpc) is 3.20. The van der Waals surface area contributed by atoms with Gasteiger partial charge in [-0.25, -0.2) is 4.79 Å². The van der Waals surface area contributed by atoms with Crippen molar-refractivity contribution in [3.8, 4) is 17.6 Å². The van der Waals surface area contributed by atoms with Gasteiger partial charge in [0.15, 0.2) is 0 Å². The number of carbonyl (C=O) groups is 1. The maximum absolute atomic E-state index is 12.1. The first-order chi connectivity index (χ1) is 13.6. The van der Waals surface area contributed by atoms with Gasteiger partial charge in [0, 0.05) is 37.2 Å². The Morgan fingerprint density at radius 3 is 2.75 bits per heavy atom. The third kappa shape index (κ3) is 5.61. The lowest BCUT2D eigenvalue weighted by atomic mass is 10.2. The monoisotopic (exact) mass is 375 g/mol. The van der Waals surface area contributed by atoms with E-state index in [1.807, 2.05) is 23.9 Å². The summed E-state index contributed by atoms with van der Waals surface area (Å²) in [4.78, 5) is 12.1. The fraction of sp³-hybridized carbons (Fsp3) is 0.190. The standard InChI is InChI=1S/C21H21N5O2/c1-16(15-26-11-3-10-24-26)14-23-21(27)25-18-4-2-5-20(12-18)28-19-8-6-17(13-22)7-9-19/h2-12,16H,14-15H2,1H3,(H2,23,25,27)/t16-/m1/s1. The van der Waals surface area contributed by atoms with Crippen LogP contribution in [0.25, 0.3) is 0 Å². The molecule has 0 unspecified atom stereocenters. The quantitative estimate of drug-likeness (QED) is 0.653. The minimum Gasteiger partial charge on any atom is -0.457 e. The molecule has 0 saturated carbocycles. The Morgan fingerprint density at radius 2 is 2.04 bits per heavy atom. The molecule has 0 aliphatic rings. The Balaban J connectivity index is 1.50. The minimum atomic E-state index is -0.275. The van der Waals surface area contributed by atoms with Crippen LogP contribution < -0.4 is 15.4 Å². The first-order valence-corrected chi connectivity index (χ1v) is 8.93. The molecule has 0 saturated heterocycles. The molecule has 1 atom stereocenters. The van der Waals surface area contributed by atoms with Gasteiger partial charge in [-0.15, -0.1) is 0 Å². The number of nitrogens with zero attached hydrogens (tertiary/aromatic N) is 3. The molecule has 0 aliphatic carbocycles. The van der Waals surface area contributed by atoms with Crippen LogP contribution in [0.5, 0.6) is 11.5 Å². The predicted octanol–water partition coefficient (Wildman–Crippen LogP) is 4.00. The summed E-state index contributed by atoms with van der Waals surface area (Å²) >= 11 is 0. The van der Waals surface area contributed by atoms with E-state index >= 15 is 0 Å². The zero-order valence-electron chi connectivity index (χ0n) is 15.5. The maximum Gasteiger partial charge on any atom is 0.319 e. The van der Waals surface area contributed by atoms with Crippen LogP contribution in [0.3, 0.4) is 0 Å². The van der Waals surface area contributed by atoms with E-state index in [0.29, 0.717) is 29.3 Å². The third-order valence-corrected chi connectivity index (χ3v) is 3.98. The summed E-state index contributed by atoms with van der Waals surface area (Å²) in [7, 11) is 0. The molecule has 0 fully saturated rings. The fourth-order valence-corrected chi connectivity index (χ4v) is 2.61. The Bertz CT molecular complexity index is 946. The number of ether oxygens (including phenoxy) is 1. The Kier molecular flexibility index (Phi) is 6.26. The Hall–Kier alpha value is -3.79. The van der Waals surface area contributed by atoms with Crippen LogP contribution >= 0.6 is 0 Å². The highest BCUT2D eigenvalue weighted by Crippen LogP contribution is 2.24.